The molecule has 0 spiro atoms. The Balaban J connectivity index is 1.81. The predicted molar refractivity (Wildman–Crippen MR) is 108 cm³/mol. The lowest BCUT2D eigenvalue weighted by molar-refractivity contribution is -0.114. The largest absolute Gasteiger partial charge is 0.497 e. The van der Waals surface area contributed by atoms with Crippen LogP contribution in [0.1, 0.15) is 27.9 Å². The minimum atomic E-state index is -0.178. The number of nitrogens with zero attached hydrogens (tertiary/aromatic N) is 1. The number of carbonyl (C=O) groups excluding carboxylic acids is 2. The van der Waals surface area contributed by atoms with Crippen LogP contribution < -0.4 is 19.7 Å². The van der Waals surface area contributed by atoms with Crippen LogP contribution in [0.4, 0.5) is 5.69 Å². The van der Waals surface area contributed by atoms with Crippen molar-refractivity contribution in [3.05, 3.63) is 65.7 Å². The normalized spacial score (nSPS) is 12.7. The molecule has 2 amide bonds. The number of hydrogen-bond donors (Lipinski definition) is 1. The molecule has 0 aromatic heterocycles. The molecular weight excluding hydrogens is 356 g/mol. The lowest BCUT2D eigenvalue weighted by atomic mass is 9.95. The van der Waals surface area contributed by atoms with E-state index in [2.05, 4.69) is 11.9 Å². The van der Waals surface area contributed by atoms with Crippen molar-refractivity contribution in [2.24, 2.45) is 0 Å². The summed E-state index contributed by atoms with van der Waals surface area (Å²) in [6.45, 7) is 4.52. The summed E-state index contributed by atoms with van der Waals surface area (Å²) >= 11 is 0. The van der Waals surface area contributed by atoms with Gasteiger partial charge in [0.25, 0.3) is 5.91 Å². The van der Waals surface area contributed by atoms with Crippen LogP contribution in [0.3, 0.4) is 0 Å². The van der Waals surface area contributed by atoms with E-state index in [9.17, 15) is 9.59 Å². The van der Waals surface area contributed by atoms with E-state index in [0.29, 0.717) is 30.2 Å². The Hall–Kier alpha value is -3.28. The van der Waals surface area contributed by atoms with E-state index >= 15 is 0 Å². The smallest absolute Gasteiger partial charge is 0.251 e. The van der Waals surface area contributed by atoms with E-state index < -0.39 is 0 Å². The third-order valence-corrected chi connectivity index (χ3v) is 4.87. The van der Waals surface area contributed by atoms with E-state index in [1.54, 1.807) is 37.3 Å². The Morgan fingerprint density at radius 1 is 1.21 bits per heavy atom. The summed E-state index contributed by atoms with van der Waals surface area (Å²) in [5.41, 5.74) is 3.12. The van der Waals surface area contributed by atoms with Crippen LogP contribution in [-0.4, -0.2) is 32.6 Å². The first kappa shape index (κ1) is 19.5. The fourth-order valence-corrected chi connectivity index (χ4v) is 3.45. The van der Waals surface area contributed by atoms with Crippen molar-refractivity contribution in [2.45, 2.75) is 19.4 Å². The molecule has 1 aliphatic rings. The first-order chi connectivity index (χ1) is 13.6. The third kappa shape index (κ3) is 3.86. The van der Waals surface area contributed by atoms with Crippen LogP contribution in [-0.2, 0) is 17.8 Å². The highest BCUT2D eigenvalue weighted by Gasteiger charge is 2.24. The highest BCUT2D eigenvalue weighted by Crippen LogP contribution is 2.30. The van der Waals surface area contributed by atoms with E-state index in [1.165, 1.54) is 6.08 Å². The van der Waals surface area contributed by atoms with Gasteiger partial charge in [-0.3, -0.25) is 9.59 Å². The zero-order valence-corrected chi connectivity index (χ0v) is 16.2. The quantitative estimate of drug-likeness (QED) is 0.782. The van der Waals surface area contributed by atoms with Crippen LogP contribution in [0.25, 0.3) is 0 Å². The van der Waals surface area contributed by atoms with Crippen molar-refractivity contribution < 1.29 is 19.1 Å². The first-order valence-corrected chi connectivity index (χ1v) is 9.14. The van der Waals surface area contributed by atoms with E-state index in [1.807, 2.05) is 18.2 Å². The molecule has 0 saturated carbocycles. The summed E-state index contributed by atoms with van der Waals surface area (Å²) in [6, 6.07) is 10.9. The summed E-state index contributed by atoms with van der Waals surface area (Å²) < 4.78 is 10.6. The number of ether oxygens (including phenoxy) is 2. The molecule has 0 atom stereocenters. The van der Waals surface area contributed by atoms with Crippen molar-refractivity contribution in [3.63, 3.8) is 0 Å². The Labute approximate surface area is 164 Å². The van der Waals surface area contributed by atoms with Crippen LogP contribution in [0.15, 0.2) is 49.1 Å². The van der Waals surface area contributed by atoms with Gasteiger partial charge in [-0.25, -0.2) is 0 Å². The fraction of sp³-hybridized carbons (Fsp3) is 0.273. The highest BCUT2D eigenvalue weighted by molar-refractivity contribution is 6.04. The van der Waals surface area contributed by atoms with Crippen molar-refractivity contribution in [3.8, 4) is 11.5 Å². The van der Waals surface area contributed by atoms with Crippen molar-refractivity contribution in [1.82, 2.24) is 5.32 Å². The number of nitrogens with one attached hydrogen (secondary N) is 1. The molecule has 0 fully saturated rings. The molecule has 0 radical (unpaired) electrons. The molecule has 1 aliphatic heterocycles. The lowest BCUT2D eigenvalue weighted by Crippen LogP contribution is -2.35. The lowest BCUT2D eigenvalue weighted by Gasteiger charge is -2.29. The topological polar surface area (TPSA) is 67.9 Å². The van der Waals surface area contributed by atoms with Crippen molar-refractivity contribution in [2.75, 3.05) is 25.7 Å². The molecule has 6 heteroatoms. The van der Waals surface area contributed by atoms with E-state index in [0.717, 1.165) is 29.7 Å². The van der Waals surface area contributed by atoms with Crippen LogP contribution in [0, 0.1) is 0 Å². The Bertz CT molecular complexity index is 907. The molecule has 6 nitrogen and oxygen atoms in total. The van der Waals surface area contributed by atoms with Crippen molar-refractivity contribution >= 4 is 17.5 Å². The standard InChI is InChI=1S/C22H24N2O4/c1-4-21(25)24-12-6-8-17-18(7-5-9-19(17)24)22(26)23-14-15-10-11-16(27-2)13-20(15)28-3/h4-5,7,9-11,13H,1,6,8,12,14H2,2-3H3,(H,23,26). The summed E-state index contributed by atoms with van der Waals surface area (Å²) in [6.07, 6.45) is 2.87. The molecule has 146 valence electrons. The number of rotatable bonds is 6. The molecule has 0 saturated heterocycles. The van der Waals surface area contributed by atoms with Gasteiger partial charge in [-0.05, 0) is 48.7 Å². The van der Waals surface area contributed by atoms with Gasteiger partial charge in [-0.15, -0.1) is 0 Å². The summed E-state index contributed by atoms with van der Waals surface area (Å²) in [4.78, 5) is 26.7. The number of methoxy groups -OCH3 is 2. The van der Waals surface area contributed by atoms with Crippen LogP contribution in [0.5, 0.6) is 11.5 Å². The molecular formula is C22H24N2O4. The van der Waals surface area contributed by atoms with E-state index in [-0.39, 0.29) is 11.8 Å². The first-order valence-electron chi connectivity index (χ1n) is 9.14. The molecule has 2 aromatic rings. The molecule has 0 aliphatic carbocycles. The summed E-state index contributed by atoms with van der Waals surface area (Å²) in [5, 5.41) is 2.95. The van der Waals surface area contributed by atoms with Gasteiger partial charge >= 0.3 is 0 Å². The minimum Gasteiger partial charge on any atom is -0.497 e. The Morgan fingerprint density at radius 2 is 2.04 bits per heavy atom. The second-order valence-electron chi connectivity index (χ2n) is 6.46. The average Bonchev–Trinajstić information content (AvgIpc) is 2.75. The monoisotopic (exact) mass is 380 g/mol. The SMILES string of the molecule is C=CC(=O)N1CCCc2c(C(=O)NCc3ccc(OC)cc3OC)cccc21. The summed E-state index contributed by atoms with van der Waals surface area (Å²) in [7, 11) is 3.17. The minimum absolute atomic E-state index is 0.151. The number of fused-ring (bicyclic) bond motifs is 1. The number of hydrogen-bond acceptors (Lipinski definition) is 4. The van der Waals surface area contributed by atoms with Gasteiger partial charge in [0.1, 0.15) is 11.5 Å². The Morgan fingerprint density at radius 3 is 2.75 bits per heavy atom. The van der Waals surface area contributed by atoms with Gasteiger partial charge in [-0.2, -0.15) is 0 Å². The molecule has 1 N–H and O–H groups in total. The van der Waals surface area contributed by atoms with Gasteiger partial charge in [-0.1, -0.05) is 12.6 Å². The maximum absolute atomic E-state index is 12.9. The zero-order chi connectivity index (χ0) is 20.1. The number of anilines is 1. The second kappa shape index (κ2) is 8.61. The van der Waals surface area contributed by atoms with Gasteiger partial charge in [0.15, 0.2) is 0 Å². The molecule has 0 unspecified atom stereocenters. The molecule has 3 rings (SSSR count). The number of benzene rings is 2. The second-order valence-corrected chi connectivity index (χ2v) is 6.46. The molecule has 2 aromatic carbocycles. The molecule has 0 bridgehead atoms. The van der Waals surface area contributed by atoms with Gasteiger partial charge in [0, 0.05) is 36.0 Å². The van der Waals surface area contributed by atoms with Gasteiger partial charge in [0.2, 0.25) is 5.91 Å². The molecule has 28 heavy (non-hydrogen) atoms. The van der Waals surface area contributed by atoms with E-state index in [4.69, 9.17) is 9.47 Å². The summed E-state index contributed by atoms with van der Waals surface area (Å²) in [5.74, 6) is 1.01. The predicted octanol–water partition coefficient (Wildman–Crippen LogP) is 3.10. The third-order valence-electron chi connectivity index (χ3n) is 4.87. The maximum Gasteiger partial charge on any atom is 0.251 e. The maximum atomic E-state index is 12.9. The van der Waals surface area contributed by atoms with Crippen molar-refractivity contribution in [1.29, 1.82) is 0 Å². The molecule has 1 heterocycles. The highest BCUT2D eigenvalue weighted by atomic mass is 16.5. The zero-order valence-electron chi connectivity index (χ0n) is 16.2. The number of carbonyl (C=O) groups is 2. The average molecular weight is 380 g/mol. The number of amides is 2. The van der Waals surface area contributed by atoms with Gasteiger partial charge < -0.3 is 19.7 Å². The van der Waals surface area contributed by atoms with Crippen LogP contribution in [0.2, 0.25) is 0 Å². The van der Waals surface area contributed by atoms with Gasteiger partial charge in [0.05, 0.1) is 14.2 Å². The Kier molecular flexibility index (Phi) is 5.99. The van der Waals surface area contributed by atoms with Crippen LogP contribution >= 0.6 is 0 Å². The fourth-order valence-electron chi connectivity index (χ4n) is 3.45.